The summed E-state index contributed by atoms with van der Waals surface area (Å²) < 4.78 is 11.7. The first-order valence-corrected chi connectivity index (χ1v) is 9.80. The molecule has 0 fully saturated rings. The highest BCUT2D eigenvalue weighted by molar-refractivity contribution is 7.22. The van der Waals surface area contributed by atoms with Crippen LogP contribution in [0.4, 0.5) is 5.13 Å². The molecule has 0 bridgehead atoms. The lowest BCUT2D eigenvalue weighted by molar-refractivity contribution is -0.132. The highest BCUT2D eigenvalue weighted by atomic mass is 32.1. The number of fused-ring (bicyclic) bond motifs is 1. The fourth-order valence-electron chi connectivity index (χ4n) is 2.43. The molecule has 0 aliphatic heterocycles. The van der Waals surface area contributed by atoms with Gasteiger partial charge in [0.25, 0.3) is 11.8 Å². The van der Waals surface area contributed by atoms with E-state index in [0.717, 1.165) is 10.2 Å². The number of aromatic nitrogens is 1. The molecule has 2 amide bonds. The summed E-state index contributed by atoms with van der Waals surface area (Å²) in [7, 11) is 1.57. The van der Waals surface area contributed by atoms with Gasteiger partial charge < -0.3 is 14.8 Å². The molecule has 0 aliphatic rings. The van der Waals surface area contributed by atoms with Crippen LogP contribution in [0.1, 0.15) is 13.8 Å². The smallest absolute Gasteiger partial charge is 0.279 e. The topological polar surface area (TPSA) is 102 Å². The van der Waals surface area contributed by atoms with Gasteiger partial charge in [-0.05, 0) is 50.2 Å². The van der Waals surface area contributed by atoms with E-state index in [0.29, 0.717) is 16.6 Å². The van der Waals surface area contributed by atoms with Gasteiger partial charge in [-0.1, -0.05) is 23.5 Å². The molecule has 2 unspecified atom stereocenters. The van der Waals surface area contributed by atoms with Gasteiger partial charge in [0.05, 0.1) is 17.3 Å². The molecule has 1 heterocycles. The summed E-state index contributed by atoms with van der Waals surface area (Å²) in [5.41, 5.74) is 5.64. The standard InChI is InChI=1S/C20H22N4O4S/c1-12(21-20-22-16-6-4-5-7-17(16)29-20)18(25)23-24-19(26)13(2)28-15-10-8-14(27-3)9-11-15/h4-13H,1-3H3,(H,21,22)(H,23,25)(H,24,26). The Labute approximate surface area is 172 Å². The number of amides is 2. The van der Waals surface area contributed by atoms with Crippen molar-refractivity contribution in [2.24, 2.45) is 0 Å². The number of hydrazine groups is 1. The summed E-state index contributed by atoms with van der Waals surface area (Å²) in [5.74, 6) is 0.345. The van der Waals surface area contributed by atoms with Crippen LogP contribution in [-0.4, -0.2) is 36.1 Å². The van der Waals surface area contributed by atoms with Crippen molar-refractivity contribution in [2.75, 3.05) is 12.4 Å². The zero-order valence-electron chi connectivity index (χ0n) is 16.3. The number of benzene rings is 2. The Balaban J connectivity index is 1.47. The number of methoxy groups -OCH3 is 1. The second-order valence-corrected chi connectivity index (χ2v) is 7.30. The predicted octanol–water partition coefficient (Wildman–Crippen LogP) is 2.72. The van der Waals surface area contributed by atoms with Crippen LogP contribution < -0.4 is 25.6 Å². The Bertz CT molecular complexity index is 957. The van der Waals surface area contributed by atoms with E-state index in [4.69, 9.17) is 9.47 Å². The molecule has 0 radical (unpaired) electrons. The first-order valence-electron chi connectivity index (χ1n) is 8.99. The van der Waals surface area contributed by atoms with Crippen molar-refractivity contribution in [1.82, 2.24) is 15.8 Å². The van der Waals surface area contributed by atoms with E-state index in [2.05, 4.69) is 21.2 Å². The van der Waals surface area contributed by atoms with Gasteiger partial charge in [0, 0.05) is 0 Å². The second-order valence-electron chi connectivity index (χ2n) is 6.27. The van der Waals surface area contributed by atoms with Crippen molar-refractivity contribution in [3.05, 3.63) is 48.5 Å². The summed E-state index contributed by atoms with van der Waals surface area (Å²) in [6.07, 6.45) is -0.795. The van der Waals surface area contributed by atoms with Crippen molar-refractivity contribution in [1.29, 1.82) is 0 Å². The van der Waals surface area contributed by atoms with Crippen molar-refractivity contribution in [3.63, 3.8) is 0 Å². The second kappa shape index (κ2) is 9.24. The first-order chi connectivity index (χ1) is 14.0. The lowest BCUT2D eigenvalue weighted by Crippen LogP contribution is -2.51. The van der Waals surface area contributed by atoms with E-state index >= 15 is 0 Å². The SMILES string of the molecule is COc1ccc(OC(C)C(=O)NNC(=O)C(C)Nc2nc3ccccc3s2)cc1. The maximum Gasteiger partial charge on any atom is 0.279 e. The Morgan fingerprint density at radius 2 is 1.62 bits per heavy atom. The number of nitrogens with zero attached hydrogens (tertiary/aromatic N) is 1. The molecule has 0 spiro atoms. The molecule has 2 atom stereocenters. The van der Waals surface area contributed by atoms with Crippen molar-refractivity contribution >= 4 is 38.5 Å². The third kappa shape index (κ3) is 5.35. The summed E-state index contributed by atoms with van der Waals surface area (Å²) in [6, 6.07) is 14.0. The number of thiazole rings is 1. The predicted molar refractivity (Wildman–Crippen MR) is 112 cm³/mol. The van der Waals surface area contributed by atoms with Crippen LogP contribution in [0, 0.1) is 0 Å². The Hall–Kier alpha value is -3.33. The third-order valence-electron chi connectivity index (χ3n) is 4.08. The summed E-state index contributed by atoms with van der Waals surface area (Å²) >= 11 is 1.46. The van der Waals surface area contributed by atoms with Crippen LogP contribution in [-0.2, 0) is 9.59 Å². The Morgan fingerprint density at radius 1 is 0.966 bits per heavy atom. The molecule has 0 aliphatic carbocycles. The fraction of sp³-hybridized carbons (Fsp3) is 0.250. The van der Waals surface area contributed by atoms with E-state index in [-0.39, 0.29) is 0 Å². The summed E-state index contributed by atoms with van der Waals surface area (Å²) in [6.45, 7) is 3.28. The molecule has 2 aromatic carbocycles. The lowest BCUT2D eigenvalue weighted by Gasteiger charge is -2.17. The molecule has 0 saturated carbocycles. The van der Waals surface area contributed by atoms with Crippen molar-refractivity contribution in [3.8, 4) is 11.5 Å². The van der Waals surface area contributed by atoms with E-state index in [1.807, 2.05) is 24.3 Å². The molecule has 3 N–H and O–H groups in total. The molecule has 0 saturated heterocycles. The molecule has 29 heavy (non-hydrogen) atoms. The normalized spacial score (nSPS) is 12.7. The van der Waals surface area contributed by atoms with Gasteiger partial charge in [-0.3, -0.25) is 20.4 Å². The fourth-order valence-corrected chi connectivity index (χ4v) is 3.38. The van der Waals surface area contributed by atoms with Gasteiger partial charge in [0.2, 0.25) is 0 Å². The Morgan fingerprint density at radius 3 is 2.31 bits per heavy atom. The van der Waals surface area contributed by atoms with Gasteiger partial charge in [0.15, 0.2) is 11.2 Å². The number of hydrogen-bond donors (Lipinski definition) is 3. The van der Waals surface area contributed by atoms with Crippen molar-refractivity contribution < 1.29 is 19.1 Å². The van der Waals surface area contributed by atoms with E-state index in [1.54, 1.807) is 45.2 Å². The quantitative estimate of drug-likeness (QED) is 0.514. The minimum Gasteiger partial charge on any atom is -0.497 e. The van der Waals surface area contributed by atoms with E-state index in [1.165, 1.54) is 11.3 Å². The summed E-state index contributed by atoms with van der Waals surface area (Å²) in [5, 5.41) is 3.67. The highest BCUT2D eigenvalue weighted by Gasteiger charge is 2.19. The zero-order chi connectivity index (χ0) is 20.8. The number of carbonyl (C=O) groups excluding carboxylic acids is 2. The molecule has 152 valence electrons. The van der Waals surface area contributed by atoms with Crippen LogP contribution in [0.3, 0.4) is 0 Å². The molecule has 8 nitrogen and oxygen atoms in total. The molecule has 9 heteroatoms. The van der Waals surface area contributed by atoms with Gasteiger partial charge in [0.1, 0.15) is 17.5 Å². The maximum atomic E-state index is 12.3. The van der Waals surface area contributed by atoms with E-state index in [9.17, 15) is 9.59 Å². The van der Waals surface area contributed by atoms with Crippen LogP contribution >= 0.6 is 11.3 Å². The number of hydrogen-bond acceptors (Lipinski definition) is 7. The van der Waals surface area contributed by atoms with Gasteiger partial charge in [-0.25, -0.2) is 4.98 Å². The monoisotopic (exact) mass is 414 g/mol. The Kier molecular flexibility index (Phi) is 6.50. The van der Waals surface area contributed by atoms with Gasteiger partial charge in [-0.15, -0.1) is 0 Å². The van der Waals surface area contributed by atoms with Crippen LogP contribution in [0.15, 0.2) is 48.5 Å². The highest BCUT2D eigenvalue weighted by Crippen LogP contribution is 2.25. The molecular weight excluding hydrogens is 392 g/mol. The minimum atomic E-state index is -0.795. The number of nitrogens with one attached hydrogen (secondary N) is 3. The van der Waals surface area contributed by atoms with E-state index < -0.39 is 24.0 Å². The average molecular weight is 414 g/mol. The third-order valence-corrected chi connectivity index (χ3v) is 5.05. The number of ether oxygens (including phenoxy) is 2. The number of para-hydroxylation sites is 1. The maximum absolute atomic E-state index is 12.3. The lowest BCUT2D eigenvalue weighted by atomic mass is 10.3. The van der Waals surface area contributed by atoms with Crippen molar-refractivity contribution in [2.45, 2.75) is 26.0 Å². The summed E-state index contributed by atoms with van der Waals surface area (Å²) in [4.78, 5) is 28.8. The minimum absolute atomic E-state index is 0.394. The van der Waals surface area contributed by atoms with Gasteiger partial charge in [-0.2, -0.15) is 0 Å². The van der Waals surface area contributed by atoms with Crippen LogP contribution in [0.2, 0.25) is 0 Å². The van der Waals surface area contributed by atoms with Gasteiger partial charge >= 0.3 is 0 Å². The van der Waals surface area contributed by atoms with Crippen LogP contribution in [0.5, 0.6) is 11.5 Å². The number of rotatable bonds is 7. The number of carbonyl (C=O) groups is 2. The average Bonchev–Trinajstić information content (AvgIpc) is 3.14. The molecule has 3 rings (SSSR count). The largest absolute Gasteiger partial charge is 0.497 e. The zero-order valence-corrected chi connectivity index (χ0v) is 17.1. The first kappa shape index (κ1) is 20.4. The molecular formula is C20H22N4O4S. The molecule has 3 aromatic rings. The molecule has 1 aromatic heterocycles. The van der Waals surface area contributed by atoms with Crippen LogP contribution in [0.25, 0.3) is 10.2 Å². The number of anilines is 1.